The average molecular weight is 326 g/mol. The first-order chi connectivity index (χ1) is 11.1. The molecule has 0 spiro atoms. The van der Waals surface area contributed by atoms with Crippen molar-refractivity contribution in [3.63, 3.8) is 0 Å². The number of thiazole rings is 1. The number of carbonyl (C=O) groups excluding carboxylic acids is 1. The molecule has 1 amide bonds. The third-order valence-electron chi connectivity index (χ3n) is 3.57. The molecule has 0 fully saturated rings. The Morgan fingerprint density at radius 3 is 2.48 bits per heavy atom. The highest BCUT2D eigenvalue weighted by Crippen LogP contribution is 2.32. The van der Waals surface area contributed by atoms with Crippen LogP contribution in [0, 0.1) is 5.82 Å². The molecule has 116 valence electrons. The fraction of sp³-hybridized carbons (Fsp3) is 0.111. The second-order valence-electron chi connectivity index (χ2n) is 5.21. The van der Waals surface area contributed by atoms with Crippen LogP contribution in [-0.4, -0.2) is 10.9 Å². The summed E-state index contributed by atoms with van der Waals surface area (Å²) in [5, 5.41) is 2.74. The first kappa shape index (κ1) is 15.4. The molecule has 5 heteroatoms. The molecule has 0 saturated carbocycles. The maximum absolute atomic E-state index is 13.0. The summed E-state index contributed by atoms with van der Waals surface area (Å²) in [7, 11) is 0. The lowest BCUT2D eigenvalue weighted by Gasteiger charge is -2.12. The molecule has 0 radical (unpaired) electrons. The monoisotopic (exact) mass is 326 g/mol. The number of rotatable bonds is 5. The number of amides is 1. The molecule has 0 bridgehead atoms. The van der Waals surface area contributed by atoms with E-state index < -0.39 is 0 Å². The van der Waals surface area contributed by atoms with E-state index in [4.69, 9.17) is 5.73 Å². The van der Waals surface area contributed by atoms with Crippen LogP contribution < -0.4 is 5.73 Å². The molecule has 23 heavy (non-hydrogen) atoms. The second kappa shape index (κ2) is 6.71. The molecule has 3 rings (SSSR count). The Kier molecular flexibility index (Phi) is 4.48. The number of hydrogen-bond acceptors (Lipinski definition) is 3. The number of carbonyl (C=O) groups is 1. The van der Waals surface area contributed by atoms with Gasteiger partial charge in [0, 0.05) is 23.3 Å². The van der Waals surface area contributed by atoms with Crippen molar-refractivity contribution in [2.45, 2.75) is 12.3 Å². The SMILES string of the molecule is NC(=O)CC(c1ccccc1)c1nc(-c2ccc(F)cc2)cs1. The number of nitrogens with two attached hydrogens (primary N) is 1. The van der Waals surface area contributed by atoms with Gasteiger partial charge in [-0.3, -0.25) is 4.79 Å². The summed E-state index contributed by atoms with van der Waals surface area (Å²) in [6, 6.07) is 15.9. The van der Waals surface area contributed by atoms with Gasteiger partial charge in [-0.2, -0.15) is 0 Å². The van der Waals surface area contributed by atoms with Crippen LogP contribution in [0.2, 0.25) is 0 Å². The molecule has 2 N–H and O–H groups in total. The molecule has 0 saturated heterocycles. The Hall–Kier alpha value is -2.53. The van der Waals surface area contributed by atoms with Gasteiger partial charge in [-0.15, -0.1) is 11.3 Å². The molecule has 1 aromatic heterocycles. The maximum Gasteiger partial charge on any atom is 0.218 e. The number of halogens is 1. The van der Waals surface area contributed by atoms with Gasteiger partial charge in [0.05, 0.1) is 5.69 Å². The van der Waals surface area contributed by atoms with Crippen molar-refractivity contribution in [3.05, 3.63) is 76.4 Å². The summed E-state index contributed by atoms with van der Waals surface area (Å²) in [4.78, 5) is 16.1. The van der Waals surface area contributed by atoms with Gasteiger partial charge in [-0.05, 0) is 29.8 Å². The lowest BCUT2D eigenvalue weighted by Crippen LogP contribution is -2.16. The Labute approximate surface area is 137 Å². The zero-order valence-electron chi connectivity index (χ0n) is 12.3. The highest BCUT2D eigenvalue weighted by Gasteiger charge is 2.20. The molecule has 1 heterocycles. The quantitative estimate of drug-likeness (QED) is 0.771. The highest BCUT2D eigenvalue weighted by molar-refractivity contribution is 7.10. The van der Waals surface area contributed by atoms with E-state index in [-0.39, 0.29) is 24.1 Å². The zero-order chi connectivity index (χ0) is 16.2. The Morgan fingerprint density at radius 1 is 1.13 bits per heavy atom. The Morgan fingerprint density at radius 2 is 1.83 bits per heavy atom. The summed E-state index contributed by atoms with van der Waals surface area (Å²) < 4.78 is 13.0. The van der Waals surface area contributed by atoms with Gasteiger partial charge < -0.3 is 5.73 Å². The first-order valence-corrected chi connectivity index (χ1v) is 8.06. The summed E-state index contributed by atoms with van der Waals surface area (Å²) in [5.74, 6) is -0.801. The fourth-order valence-electron chi connectivity index (χ4n) is 2.44. The van der Waals surface area contributed by atoms with Gasteiger partial charge in [0.15, 0.2) is 0 Å². The number of hydrogen-bond donors (Lipinski definition) is 1. The van der Waals surface area contributed by atoms with Crippen molar-refractivity contribution < 1.29 is 9.18 Å². The molecule has 1 unspecified atom stereocenters. The van der Waals surface area contributed by atoms with Crippen LogP contribution in [0.15, 0.2) is 60.0 Å². The molecular formula is C18H15FN2OS. The largest absolute Gasteiger partial charge is 0.370 e. The third kappa shape index (κ3) is 3.63. The smallest absolute Gasteiger partial charge is 0.218 e. The van der Waals surface area contributed by atoms with Gasteiger partial charge in [0.1, 0.15) is 10.8 Å². The van der Waals surface area contributed by atoms with Crippen LogP contribution in [0.5, 0.6) is 0 Å². The van der Waals surface area contributed by atoms with Gasteiger partial charge in [-0.1, -0.05) is 30.3 Å². The summed E-state index contributed by atoms with van der Waals surface area (Å²) in [6.45, 7) is 0. The van der Waals surface area contributed by atoms with Gasteiger partial charge >= 0.3 is 0 Å². The highest BCUT2D eigenvalue weighted by atomic mass is 32.1. The predicted octanol–water partition coefficient (Wildman–Crippen LogP) is 3.96. The van der Waals surface area contributed by atoms with Crippen LogP contribution in [0.3, 0.4) is 0 Å². The topological polar surface area (TPSA) is 56.0 Å². The standard InChI is InChI=1S/C18H15FN2OS/c19-14-8-6-13(7-9-14)16-11-23-18(21-16)15(10-17(20)22)12-4-2-1-3-5-12/h1-9,11,15H,10H2,(H2,20,22). The third-order valence-corrected chi connectivity index (χ3v) is 4.53. The van der Waals surface area contributed by atoms with Crippen molar-refractivity contribution in [2.75, 3.05) is 0 Å². The lowest BCUT2D eigenvalue weighted by atomic mass is 9.96. The van der Waals surface area contributed by atoms with Crippen molar-refractivity contribution in [2.24, 2.45) is 5.73 Å². The van der Waals surface area contributed by atoms with E-state index in [2.05, 4.69) is 4.98 Å². The number of benzene rings is 2. The van der Waals surface area contributed by atoms with E-state index in [0.29, 0.717) is 0 Å². The van der Waals surface area contributed by atoms with E-state index in [1.165, 1.54) is 23.5 Å². The molecule has 3 aromatic rings. The normalized spacial score (nSPS) is 12.0. The van der Waals surface area contributed by atoms with Crippen LogP contribution in [-0.2, 0) is 4.79 Å². The molecule has 0 aliphatic heterocycles. The Balaban J connectivity index is 1.94. The number of nitrogens with zero attached hydrogens (tertiary/aromatic N) is 1. The lowest BCUT2D eigenvalue weighted by molar-refractivity contribution is -0.118. The summed E-state index contributed by atoms with van der Waals surface area (Å²) >= 11 is 1.48. The summed E-state index contributed by atoms with van der Waals surface area (Å²) in [5.41, 5.74) is 8.03. The van der Waals surface area contributed by atoms with Crippen molar-refractivity contribution >= 4 is 17.2 Å². The van der Waals surface area contributed by atoms with Crippen LogP contribution in [0.1, 0.15) is 22.9 Å². The van der Waals surface area contributed by atoms with Gasteiger partial charge in [-0.25, -0.2) is 9.37 Å². The van der Waals surface area contributed by atoms with Crippen molar-refractivity contribution in [1.29, 1.82) is 0 Å². The van der Waals surface area contributed by atoms with Crippen LogP contribution in [0.4, 0.5) is 4.39 Å². The molecule has 0 aliphatic rings. The van der Waals surface area contributed by atoms with Crippen LogP contribution >= 0.6 is 11.3 Å². The molecule has 1 atom stereocenters. The minimum absolute atomic E-state index is 0.159. The van der Waals surface area contributed by atoms with Crippen molar-refractivity contribution in [3.8, 4) is 11.3 Å². The average Bonchev–Trinajstić information content (AvgIpc) is 3.03. The minimum atomic E-state index is -0.364. The number of primary amides is 1. The number of aromatic nitrogens is 1. The van der Waals surface area contributed by atoms with Crippen LogP contribution in [0.25, 0.3) is 11.3 Å². The van der Waals surface area contributed by atoms with E-state index in [9.17, 15) is 9.18 Å². The molecule has 2 aromatic carbocycles. The van der Waals surface area contributed by atoms with Crippen molar-refractivity contribution in [1.82, 2.24) is 4.98 Å². The second-order valence-corrected chi connectivity index (χ2v) is 6.10. The molecule has 0 aliphatic carbocycles. The maximum atomic E-state index is 13.0. The molecular weight excluding hydrogens is 311 g/mol. The van der Waals surface area contributed by atoms with E-state index in [1.807, 2.05) is 35.7 Å². The zero-order valence-corrected chi connectivity index (χ0v) is 13.1. The van der Waals surface area contributed by atoms with Gasteiger partial charge in [0.25, 0.3) is 0 Å². The minimum Gasteiger partial charge on any atom is -0.370 e. The Bertz CT molecular complexity index is 799. The first-order valence-electron chi connectivity index (χ1n) is 7.18. The van der Waals surface area contributed by atoms with E-state index >= 15 is 0 Å². The fourth-order valence-corrected chi connectivity index (χ4v) is 3.39. The van der Waals surface area contributed by atoms with E-state index in [1.54, 1.807) is 12.1 Å². The van der Waals surface area contributed by atoms with E-state index in [0.717, 1.165) is 21.8 Å². The molecule has 3 nitrogen and oxygen atoms in total. The summed E-state index contributed by atoms with van der Waals surface area (Å²) in [6.07, 6.45) is 0.209. The predicted molar refractivity (Wildman–Crippen MR) is 89.6 cm³/mol. The van der Waals surface area contributed by atoms with Gasteiger partial charge in [0.2, 0.25) is 5.91 Å².